The molecule has 0 aliphatic rings. The third kappa shape index (κ3) is 7.52. The van der Waals surface area contributed by atoms with Gasteiger partial charge in [0.15, 0.2) is 0 Å². The number of aromatic hydroxyl groups is 2. The Hall–Kier alpha value is -2.14. The van der Waals surface area contributed by atoms with Gasteiger partial charge in [0.1, 0.15) is 11.5 Å². The van der Waals surface area contributed by atoms with Crippen LogP contribution < -0.4 is 34.6 Å². The molecular formula is C14H14BN4NaO5. The van der Waals surface area contributed by atoms with Gasteiger partial charge in [0.2, 0.25) is 0 Å². The number of hydrogen-bond donors (Lipinski definition) is 2. The van der Waals surface area contributed by atoms with Gasteiger partial charge in [0, 0.05) is 21.7 Å². The van der Waals surface area contributed by atoms with E-state index in [1.807, 2.05) is 0 Å². The molecule has 0 bridgehead atoms. The van der Waals surface area contributed by atoms with Crippen LogP contribution in [0.4, 0.5) is 0 Å². The normalized spacial score (nSPS) is 10.6. The quantitative estimate of drug-likeness (QED) is 0.354. The van der Waals surface area contributed by atoms with Crippen LogP contribution in [0.5, 0.6) is 11.5 Å². The molecular weight excluding hydrogens is 338 g/mol. The van der Waals surface area contributed by atoms with Gasteiger partial charge in [-0.25, -0.2) is 0 Å². The molecule has 2 aromatic rings. The Morgan fingerprint density at radius 1 is 0.800 bits per heavy atom. The van der Waals surface area contributed by atoms with Gasteiger partial charge in [-0.2, -0.15) is 10.2 Å². The van der Waals surface area contributed by atoms with E-state index in [1.54, 1.807) is 36.4 Å². The van der Waals surface area contributed by atoms with Crippen molar-refractivity contribution in [3.63, 3.8) is 0 Å². The molecule has 0 saturated carbocycles. The zero-order chi connectivity index (χ0) is 17.2. The van der Waals surface area contributed by atoms with Crippen LogP contribution >= 0.6 is 0 Å². The SMILES string of the molecule is [Na+].[O-]B(ON=NCc1ccccc1O)ON=NCc1ccccc1O. The fourth-order valence-electron chi connectivity index (χ4n) is 1.66. The zero-order valence-corrected chi connectivity index (χ0v) is 15.5. The van der Waals surface area contributed by atoms with E-state index in [1.165, 1.54) is 12.1 Å². The fraction of sp³-hybridized carbons (Fsp3) is 0.143. The minimum Gasteiger partial charge on any atom is -0.805 e. The van der Waals surface area contributed by atoms with Crippen molar-refractivity contribution in [3.8, 4) is 11.5 Å². The van der Waals surface area contributed by atoms with E-state index in [0.29, 0.717) is 11.1 Å². The van der Waals surface area contributed by atoms with E-state index < -0.39 is 7.32 Å². The van der Waals surface area contributed by atoms with E-state index >= 15 is 0 Å². The molecule has 2 N–H and O–H groups in total. The van der Waals surface area contributed by atoms with E-state index in [4.69, 9.17) is 0 Å². The molecule has 0 fully saturated rings. The molecule has 2 aromatic carbocycles. The van der Waals surface area contributed by atoms with E-state index in [0.717, 1.165) is 0 Å². The Morgan fingerprint density at radius 2 is 1.20 bits per heavy atom. The Balaban J connectivity index is 0.00000312. The molecule has 124 valence electrons. The monoisotopic (exact) mass is 352 g/mol. The van der Waals surface area contributed by atoms with Crippen molar-refractivity contribution in [1.82, 2.24) is 0 Å². The van der Waals surface area contributed by atoms with Crippen LogP contribution in [0.2, 0.25) is 0 Å². The molecule has 0 spiro atoms. The predicted octanol–water partition coefficient (Wildman–Crippen LogP) is -1.09. The molecule has 0 amide bonds. The first-order chi connectivity index (χ1) is 11.7. The van der Waals surface area contributed by atoms with Crippen molar-refractivity contribution in [2.45, 2.75) is 13.1 Å². The van der Waals surface area contributed by atoms with Crippen LogP contribution in [0.15, 0.2) is 69.3 Å². The summed E-state index contributed by atoms with van der Waals surface area (Å²) in [5.41, 5.74) is 1.08. The van der Waals surface area contributed by atoms with Crippen molar-refractivity contribution in [1.29, 1.82) is 0 Å². The maximum absolute atomic E-state index is 11.2. The number of nitrogens with zero attached hydrogens (tertiary/aromatic N) is 4. The summed E-state index contributed by atoms with van der Waals surface area (Å²) in [6.07, 6.45) is 0. The van der Waals surface area contributed by atoms with Crippen molar-refractivity contribution in [2.24, 2.45) is 20.8 Å². The summed E-state index contributed by atoms with van der Waals surface area (Å²) in [4.78, 5) is 0. The molecule has 0 heterocycles. The van der Waals surface area contributed by atoms with E-state index in [9.17, 15) is 15.2 Å². The molecule has 0 atom stereocenters. The second-order valence-electron chi connectivity index (χ2n) is 4.52. The number of rotatable bonds is 8. The van der Waals surface area contributed by atoms with Crippen molar-refractivity contribution in [3.05, 3.63) is 59.7 Å². The van der Waals surface area contributed by atoms with Crippen molar-refractivity contribution >= 4 is 7.32 Å². The summed E-state index contributed by atoms with van der Waals surface area (Å²) in [6.45, 7) is 0.0996. The summed E-state index contributed by atoms with van der Waals surface area (Å²) < 4.78 is 8.75. The summed E-state index contributed by atoms with van der Waals surface area (Å²) in [7, 11) is -2.02. The van der Waals surface area contributed by atoms with Gasteiger partial charge in [-0.3, -0.25) is 0 Å². The minimum absolute atomic E-state index is 0. The van der Waals surface area contributed by atoms with Crippen molar-refractivity contribution in [2.75, 3.05) is 0 Å². The third-order valence-corrected chi connectivity index (χ3v) is 2.85. The largest absolute Gasteiger partial charge is 1.00 e. The second-order valence-corrected chi connectivity index (χ2v) is 4.52. The molecule has 0 aliphatic heterocycles. The number of benzene rings is 2. The summed E-state index contributed by atoms with van der Waals surface area (Å²) in [5, 5.41) is 43.8. The first kappa shape index (κ1) is 20.9. The van der Waals surface area contributed by atoms with Gasteiger partial charge in [-0.15, -0.1) is 0 Å². The number of phenolic OH excluding ortho intramolecular Hbond substituents is 2. The van der Waals surface area contributed by atoms with Crippen LogP contribution in [-0.4, -0.2) is 17.5 Å². The molecule has 0 saturated heterocycles. The van der Waals surface area contributed by atoms with Crippen molar-refractivity contribution < 1.29 is 54.3 Å². The standard InChI is InChI=1S/C14H14BN4O5.Na/c20-13-7-3-1-5-11(13)9-16-18-23-15(22)24-19-17-10-12-6-2-4-8-14(12)21;/h1-8,20-21H,9-10H2;/q-1;+1. The Morgan fingerprint density at radius 3 is 1.60 bits per heavy atom. The summed E-state index contributed by atoms with van der Waals surface area (Å²) in [5.74, 6) is 0.147. The molecule has 0 radical (unpaired) electrons. The average Bonchev–Trinajstić information content (AvgIpc) is 2.58. The Bertz CT molecular complexity index is 660. The summed E-state index contributed by atoms with van der Waals surface area (Å²) in [6, 6.07) is 13.2. The van der Waals surface area contributed by atoms with Crippen LogP contribution in [0.25, 0.3) is 0 Å². The van der Waals surface area contributed by atoms with Crippen LogP contribution in [-0.2, 0) is 22.6 Å². The maximum atomic E-state index is 11.2. The average molecular weight is 352 g/mol. The number of hydrogen-bond acceptors (Lipinski definition) is 9. The predicted molar refractivity (Wildman–Crippen MR) is 81.3 cm³/mol. The second kappa shape index (κ2) is 11.4. The molecule has 0 unspecified atom stereocenters. The Labute approximate surface area is 166 Å². The molecule has 0 aromatic heterocycles. The van der Waals surface area contributed by atoms with E-state index in [2.05, 4.69) is 30.3 Å². The van der Waals surface area contributed by atoms with Crippen LogP contribution in [0.1, 0.15) is 11.1 Å². The molecule has 25 heavy (non-hydrogen) atoms. The zero-order valence-electron chi connectivity index (χ0n) is 13.5. The summed E-state index contributed by atoms with van der Waals surface area (Å²) >= 11 is 0. The van der Waals surface area contributed by atoms with Gasteiger partial charge in [-0.05, 0) is 12.1 Å². The fourth-order valence-corrected chi connectivity index (χ4v) is 1.66. The molecule has 0 aliphatic carbocycles. The smallest absolute Gasteiger partial charge is 0.805 e. The molecule has 9 nitrogen and oxygen atoms in total. The van der Waals surface area contributed by atoms with E-state index in [-0.39, 0.29) is 54.1 Å². The number of phenols is 2. The van der Waals surface area contributed by atoms with Gasteiger partial charge >= 0.3 is 36.9 Å². The maximum Gasteiger partial charge on any atom is 1.00 e. The van der Waals surface area contributed by atoms with Crippen LogP contribution in [0, 0.1) is 0 Å². The first-order valence-electron chi connectivity index (χ1n) is 6.91. The van der Waals surface area contributed by atoms with Gasteiger partial charge in [-0.1, -0.05) is 36.4 Å². The van der Waals surface area contributed by atoms with Gasteiger partial charge in [0.25, 0.3) is 0 Å². The molecule has 2 rings (SSSR count). The molecule has 11 heteroatoms. The topological polar surface area (TPSA) is 131 Å². The van der Waals surface area contributed by atoms with Gasteiger partial charge < -0.3 is 24.7 Å². The number of para-hydroxylation sites is 2. The minimum atomic E-state index is -2.02. The first-order valence-corrected chi connectivity index (χ1v) is 6.91. The van der Waals surface area contributed by atoms with Gasteiger partial charge in [0.05, 0.1) is 13.1 Å². The third-order valence-electron chi connectivity index (χ3n) is 2.85. The van der Waals surface area contributed by atoms with Crippen LogP contribution in [0.3, 0.4) is 0 Å². The Kier molecular flexibility index (Phi) is 9.55.